The molecule has 1 amide bonds. The van der Waals surface area contributed by atoms with Crippen molar-refractivity contribution in [1.82, 2.24) is 5.32 Å². The number of amides is 1. The standard InChI is InChI=1S/C7H14N2O5.C2HF3O2/c1-3(11)5(8)6(12)9-4(2-10)7(13)14;3-2(4,5)1(6)7/h3-5,10-11H,2,8H2,1H3,(H,9,12)(H,13,14);(H,6,7)/t3-,4+,5+;/m1./s1. The molecule has 0 aliphatic carbocycles. The van der Waals surface area contributed by atoms with Gasteiger partial charge < -0.3 is 31.5 Å². The minimum atomic E-state index is -5.08. The number of carboxylic acids is 2. The van der Waals surface area contributed by atoms with Crippen LogP contribution >= 0.6 is 0 Å². The van der Waals surface area contributed by atoms with Gasteiger partial charge in [0.15, 0.2) is 0 Å². The van der Waals surface area contributed by atoms with E-state index in [1.807, 2.05) is 5.32 Å². The maximum atomic E-state index is 11.1. The lowest BCUT2D eigenvalue weighted by molar-refractivity contribution is -0.192. The highest BCUT2D eigenvalue weighted by Gasteiger charge is 2.38. The smallest absolute Gasteiger partial charge is 0.480 e. The van der Waals surface area contributed by atoms with E-state index >= 15 is 0 Å². The fourth-order valence-corrected chi connectivity index (χ4v) is 0.672. The minimum Gasteiger partial charge on any atom is -0.480 e. The third-order valence-corrected chi connectivity index (χ3v) is 1.86. The van der Waals surface area contributed by atoms with Crippen molar-refractivity contribution >= 4 is 17.8 Å². The van der Waals surface area contributed by atoms with Crippen LogP contribution in [-0.2, 0) is 14.4 Å². The van der Waals surface area contributed by atoms with E-state index in [1.54, 1.807) is 0 Å². The lowest BCUT2D eigenvalue weighted by atomic mass is 10.1. The highest BCUT2D eigenvalue weighted by molar-refractivity contribution is 5.87. The van der Waals surface area contributed by atoms with E-state index < -0.39 is 48.8 Å². The number of hydrogen-bond donors (Lipinski definition) is 6. The molecule has 0 heterocycles. The Balaban J connectivity index is 0. The Bertz CT molecular complexity index is 373. The first-order valence-corrected chi connectivity index (χ1v) is 5.22. The SMILES string of the molecule is C[C@@H](O)[C@H](N)C(=O)N[C@@H](CO)C(=O)O.O=C(O)C(F)(F)F. The molecule has 0 aromatic heterocycles. The highest BCUT2D eigenvalue weighted by Crippen LogP contribution is 2.13. The molecule has 0 fully saturated rings. The Labute approximate surface area is 116 Å². The second kappa shape index (κ2) is 9.10. The summed E-state index contributed by atoms with van der Waals surface area (Å²) in [5.41, 5.74) is 5.23. The number of carbonyl (C=O) groups is 3. The molecule has 0 aliphatic rings. The molecule has 0 radical (unpaired) electrons. The van der Waals surface area contributed by atoms with Gasteiger partial charge in [-0.1, -0.05) is 0 Å². The topological polar surface area (TPSA) is 170 Å². The summed E-state index contributed by atoms with van der Waals surface area (Å²) in [6.45, 7) is 0.576. The van der Waals surface area contributed by atoms with Crippen molar-refractivity contribution in [3.05, 3.63) is 0 Å². The molecule has 0 spiro atoms. The van der Waals surface area contributed by atoms with Gasteiger partial charge >= 0.3 is 18.1 Å². The van der Waals surface area contributed by atoms with E-state index in [4.69, 9.17) is 31.0 Å². The zero-order valence-corrected chi connectivity index (χ0v) is 10.7. The van der Waals surface area contributed by atoms with Crippen molar-refractivity contribution < 1.29 is 48.0 Å². The molecule has 0 aliphatic heterocycles. The van der Waals surface area contributed by atoms with Gasteiger partial charge in [0.2, 0.25) is 5.91 Å². The third kappa shape index (κ3) is 9.59. The van der Waals surface area contributed by atoms with Crippen molar-refractivity contribution in [2.75, 3.05) is 6.61 Å². The summed E-state index contributed by atoms with van der Waals surface area (Å²) in [6.07, 6.45) is -6.16. The monoisotopic (exact) mass is 320 g/mol. The van der Waals surface area contributed by atoms with E-state index in [0.29, 0.717) is 0 Å². The second-order valence-corrected chi connectivity index (χ2v) is 3.65. The average Bonchev–Trinajstić information content (AvgIpc) is 2.33. The van der Waals surface area contributed by atoms with Crippen molar-refractivity contribution in [1.29, 1.82) is 0 Å². The highest BCUT2D eigenvalue weighted by atomic mass is 19.4. The predicted octanol–water partition coefficient (Wildman–Crippen LogP) is -2.11. The minimum absolute atomic E-state index is 0.729. The fourth-order valence-electron chi connectivity index (χ4n) is 0.672. The number of nitrogens with one attached hydrogen (secondary N) is 1. The van der Waals surface area contributed by atoms with Gasteiger partial charge in [-0.05, 0) is 6.92 Å². The molecule has 0 saturated carbocycles. The van der Waals surface area contributed by atoms with Crippen LogP contribution in [-0.4, -0.2) is 69.2 Å². The molecule has 21 heavy (non-hydrogen) atoms. The Morgan fingerprint density at radius 1 is 1.24 bits per heavy atom. The molecule has 0 aromatic rings. The van der Waals surface area contributed by atoms with E-state index in [9.17, 15) is 22.8 Å². The summed E-state index contributed by atoms with van der Waals surface area (Å²) in [5, 5.41) is 35.0. The summed E-state index contributed by atoms with van der Waals surface area (Å²) in [7, 11) is 0. The molecular weight excluding hydrogens is 305 g/mol. The maximum absolute atomic E-state index is 11.1. The predicted molar refractivity (Wildman–Crippen MR) is 60.0 cm³/mol. The van der Waals surface area contributed by atoms with Crippen LogP contribution in [0.25, 0.3) is 0 Å². The van der Waals surface area contributed by atoms with Gasteiger partial charge in [0, 0.05) is 0 Å². The Kier molecular flexibility index (Phi) is 9.26. The normalized spacial score (nSPS) is 15.0. The number of alkyl halides is 3. The number of hydrogen-bond acceptors (Lipinski definition) is 6. The van der Waals surface area contributed by atoms with E-state index in [1.165, 1.54) is 6.92 Å². The number of nitrogens with two attached hydrogens (primary N) is 1. The van der Waals surface area contributed by atoms with Gasteiger partial charge in [-0.2, -0.15) is 13.2 Å². The Hall–Kier alpha value is -1.92. The zero-order chi connectivity index (χ0) is 17.4. The largest absolute Gasteiger partial charge is 0.490 e. The third-order valence-electron chi connectivity index (χ3n) is 1.86. The summed E-state index contributed by atoms with van der Waals surface area (Å²) in [5.74, 6) is -4.94. The molecule has 0 rings (SSSR count). The maximum Gasteiger partial charge on any atom is 0.490 e. The number of aliphatic hydroxyl groups is 2. The summed E-state index contributed by atoms with van der Waals surface area (Å²) in [4.78, 5) is 30.4. The van der Waals surface area contributed by atoms with Crippen LogP contribution in [0, 0.1) is 0 Å². The first-order chi connectivity index (χ1) is 9.34. The van der Waals surface area contributed by atoms with Crippen LogP contribution < -0.4 is 11.1 Å². The van der Waals surface area contributed by atoms with Gasteiger partial charge in [0.1, 0.15) is 12.1 Å². The van der Waals surface area contributed by atoms with Crippen molar-refractivity contribution in [3.8, 4) is 0 Å². The van der Waals surface area contributed by atoms with Crippen LogP contribution in [0.3, 0.4) is 0 Å². The van der Waals surface area contributed by atoms with Crippen LogP contribution in [0.5, 0.6) is 0 Å². The number of halogens is 3. The van der Waals surface area contributed by atoms with Gasteiger partial charge in [-0.3, -0.25) is 4.79 Å². The molecule has 124 valence electrons. The van der Waals surface area contributed by atoms with E-state index in [0.717, 1.165) is 0 Å². The van der Waals surface area contributed by atoms with E-state index in [-0.39, 0.29) is 0 Å². The first-order valence-electron chi connectivity index (χ1n) is 5.22. The molecule has 12 heteroatoms. The van der Waals surface area contributed by atoms with Gasteiger partial charge in [0.05, 0.1) is 12.7 Å². The number of carboxylic acid groups (broad SMARTS) is 2. The van der Waals surface area contributed by atoms with E-state index in [2.05, 4.69) is 0 Å². The molecule has 0 aromatic carbocycles. The fraction of sp³-hybridized carbons (Fsp3) is 0.667. The first kappa shape index (κ1) is 21.4. The zero-order valence-electron chi connectivity index (χ0n) is 10.7. The average molecular weight is 320 g/mol. The van der Waals surface area contributed by atoms with Gasteiger partial charge in [-0.25, -0.2) is 9.59 Å². The Morgan fingerprint density at radius 2 is 1.62 bits per heavy atom. The van der Waals surface area contributed by atoms with Crippen LogP contribution in [0.15, 0.2) is 0 Å². The van der Waals surface area contributed by atoms with Crippen molar-refractivity contribution in [2.24, 2.45) is 5.73 Å². The van der Waals surface area contributed by atoms with Crippen LogP contribution in [0.2, 0.25) is 0 Å². The lowest BCUT2D eigenvalue weighted by Crippen LogP contribution is -2.53. The van der Waals surface area contributed by atoms with Crippen LogP contribution in [0.4, 0.5) is 13.2 Å². The number of aliphatic carboxylic acids is 2. The van der Waals surface area contributed by atoms with Crippen molar-refractivity contribution in [3.63, 3.8) is 0 Å². The van der Waals surface area contributed by atoms with Crippen molar-refractivity contribution in [2.45, 2.75) is 31.3 Å². The molecule has 0 unspecified atom stereocenters. The molecule has 7 N–H and O–H groups in total. The molecule has 3 atom stereocenters. The second-order valence-electron chi connectivity index (χ2n) is 3.65. The van der Waals surface area contributed by atoms with Gasteiger partial charge in [-0.15, -0.1) is 0 Å². The Morgan fingerprint density at radius 3 is 1.81 bits per heavy atom. The molecular formula is C9H15F3N2O7. The van der Waals surface area contributed by atoms with Crippen LogP contribution in [0.1, 0.15) is 6.92 Å². The molecule has 0 bridgehead atoms. The summed E-state index contributed by atoms with van der Waals surface area (Å²) < 4.78 is 31.7. The number of rotatable bonds is 5. The van der Waals surface area contributed by atoms with Gasteiger partial charge in [0.25, 0.3) is 0 Å². The quantitative estimate of drug-likeness (QED) is 0.334. The molecule has 9 nitrogen and oxygen atoms in total. The summed E-state index contributed by atoms with van der Waals surface area (Å²) >= 11 is 0. The lowest BCUT2D eigenvalue weighted by Gasteiger charge is -2.17. The number of carbonyl (C=O) groups excluding carboxylic acids is 1. The molecule has 0 saturated heterocycles. The number of aliphatic hydroxyl groups excluding tert-OH is 2. The summed E-state index contributed by atoms with van der Waals surface area (Å²) in [6, 6.07) is -2.60.